The highest BCUT2D eigenvalue weighted by Gasteiger charge is 2.38. The van der Waals surface area contributed by atoms with Crippen molar-refractivity contribution in [2.24, 2.45) is 5.41 Å². The number of aromatic nitrogens is 3. The van der Waals surface area contributed by atoms with Crippen molar-refractivity contribution in [3.05, 3.63) is 59.7 Å². The van der Waals surface area contributed by atoms with E-state index in [1.807, 2.05) is 24.3 Å². The normalized spacial score (nSPS) is 17.8. The number of hydrogen-bond acceptors (Lipinski definition) is 10. The number of halogens is 3. The summed E-state index contributed by atoms with van der Waals surface area (Å²) in [4.78, 5) is 25.0. The van der Waals surface area contributed by atoms with E-state index in [2.05, 4.69) is 36.2 Å². The smallest absolute Gasteiger partial charge is 0.422 e. The molecule has 1 fully saturated rings. The molecule has 218 valence electrons. The second kappa shape index (κ2) is 12.6. The van der Waals surface area contributed by atoms with Crippen LogP contribution in [0.15, 0.2) is 48.5 Å². The molecule has 4 N–H and O–H groups in total. The van der Waals surface area contributed by atoms with Gasteiger partial charge in [0, 0.05) is 36.3 Å². The Morgan fingerprint density at radius 1 is 0.927 bits per heavy atom. The van der Waals surface area contributed by atoms with Crippen LogP contribution in [0.1, 0.15) is 22.3 Å². The summed E-state index contributed by atoms with van der Waals surface area (Å²) in [7, 11) is 0. The van der Waals surface area contributed by atoms with Crippen LogP contribution in [0.5, 0.6) is 11.8 Å². The highest BCUT2D eigenvalue weighted by molar-refractivity contribution is 5.94. The Bertz CT molecular complexity index is 1320. The largest absolute Gasteiger partial charge is 0.494 e. The minimum atomic E-state index is -4.56. The van der Waals surface area contributed by atoms with Gasteiger partial charge in [0.05, 0.1) is 19.8 Å². The Morgan fingerprint density at radius 3 is 2.39 bits per heavy atom. The summed E-state index contributed by atoms with van der Waals surface area (Å²) in [6.45, 7) is 2.32. The molecule has 0 saturated carbocycles. The van der Waals surface area contributed by atoms with Crippen LogP contribution in [-0.4, -0.2) is 73.1 Å². The van der Waals surface area contributed by atoms with Gasteiger partial charge in [-0.2, -0.15) is 28.1 Å². The van der Waals surface area contributed by atoms with Crippen LogP contribution < -0.4 is 30.7 Å². The van der Waals surface area contributed by atoms with E-state index < -0.39 is 18.8 Å². The van der Waals surface area contributed by atoms with E-state index in [4.69, 9.17) is 14.2 Å². The number of nitrogens with zero attached hydrogens (tertiary/aromatic N) is 3. The number of hydrogen-bond donors (Lipinski definition) is 4. The Labute approximate surface area is 234 Å². The second-order valence-corrected chi connectivity index (χ2v) is 9.92. The molecular weight excluding hydrogens is 543 g/mol. The Morgan fingerprint density at radius 2 is 1.68 bits per heavy atom. The van der Waals surface area contributed by atoms with E-state index in [1.165, 1.54) is 0 Å². The number of rotatable bonds is 2. The maximum atomic E-state index is 12.8. The molecule has 0 atom stereocenters. The maximum Gasteiger partial charge on any atom is 0.422 e. The molecule has 3 aromatic rings. The fourth-order valence-corrected chi connectivity index (χ4v) is 4.19. The van der Waals surface area contributed by atoms with Gasteiger partial charge in [-0.15, -0.1) is 0 Å². The molecule has 6 heterocycles. The fourth-order valence-electron chi connectivity index (χ4n) is 4.19. The van der Waals surface area contributed by atoms with Gasteiger partial charge < -0.3 is 35.5 Å². The number of benzene rings is 2. The first-order chi connectivity index (χ1) is 19.8. The molecular formula is C27H30F3N7O4. The average molecular weight is 574 g/mol. The van der Waals surface area contributed by atoms with Crippen molar-refractivity contribution in [1.82, 2.24) is 25.6 Å². The van der Waals surface area contributed by atoms with Crippen LogP contribution in [-0.2, 0) is 11.3 Å². The van der Waals surface area contributed by atoms with Crippen LogP contribution in [0.2, 0.25) is 0 Å². The zero-order valence-electron chi connectivity index (χ0n) is 22.1. The predicted molar refractivity (Wildman–Crippen MR) is 143 cm³/mol. The SMILES string of the molecule is O=C1NCC2(CNCCCOc3ccc(cc3)CNc3nc(nc(OCC(F)(F)F)n3)Nc3ccc1cc3)COC2. The van der Waals surface area contributed by atoms with Crippen molar-refractivity contribution in [3.63, 3.8) is 0 Å². The Hall–Kier alpha value is -4.17. The molecule has 1 saturated heterocycles. The zero-order chi connectivity index (χ0) is 28.7. The molecule has 41 heavy (non-hydrogen) atoms. The molecule has 5 aliphatic heterocycles. The minimum absolute atomic E-state index is 0.0202. The molecule has 1 aromatic heterocycles. The van der Waals surface area contributed by atoms with Crippen LogP contribution in [0.25, 0.3) is 0 Å². The van der Waals surface area contributed by atoms with Gasteiger partial charge in [0.2, 0.25) is 11.9 Å². The van der Waals surface area contributed by atoms with Gasteiger partial charge in [0.25, 0.3) is 5.91 Å². The second-order valence-electron chi connectivity index (χ2n) is 9.92. The van der Waals surface area contributed by atoms with Crippen LogP contribution in [0.3, 0.4) is 0 Å². The third-order valence-electron chi connectivity index (χ3n) is 6.46. The summed E-state index contributed by atoms with van der Waals surface area (Å²) < 4.78 is 54.3. The van der Waals surface area contributed by atoms with E-state index in [9.17, 15) is 18.0 Å². The molecule has 0 radical (unpaired) electrons. The first kappa shape index (κ1) is 28.4. The summed E-state index contributed by atoms with van der Waals surface area (Å²) >= 11 is 0. The summed E-state index contributed by atoms with van der Waals surface area (Å²) in [6.07, 6.45) is -3.76. The molecule has 1 amide bonds. The van der Waals surface area contributed by atoms with Crippen molar-refractivity contribution in [2.75, 3.05) is 56.7 Å². The highest BCUT2D eigenvalue weighted by atomic mass is 19.4. The number of ether oxygens (including phenoxy) is 3. The summed E-state index contributed by atoms with van der Waals surface area (Å²) in [5.74, 6) is 0.474. The zero-order valence-corrected chi connectivity index (χ0v) is 22.1. The summed E-state index contributed by atoms with van der Waals surface area (Å²) in [5, 5.41) is 12.3. The van der Waals surface area contributed by atoms with Gasteiger partial charge in [-0.25, -0.2) is 0 Å². The Kier molecular flexibility index (Phi) is 8.69. The average Bonchev–Trinajstić information content (AvgIpc) is 2.93. The molecule has 8 rings (SSSR count). The van der Waals surface area contributed by atoms with Gasteiger partial charge in [-0.1, -0.05) is 12.1 Å². The third-order valence-corrected chi connectivity index (χ3v) is 6.46. The molecule has 5 aliphatic rings. The van der Waals surface area contributed by atoms with Crippen molar-refractivity contribution < 1.29 is 32.2 Å². The van der Waals surface area contributed by atoms with Gasteiger partial charge >= 0.3 is 12.2 Å². The lowest BCUT2D eigenvalue weighted by Gasteiger charge is -2.41. The van der Waals surface area contributed by atoms with Gasteiger partial charge in [0.15, 0.2) is 6.61 Å². The predicted octanol–water partition coefficient (Wildman–Crippen LogP) is 3.29. The molecule has 11 nitrogen and oxygen atoms in total. The van der Waals surface area contributed by atoms with Crippen LogP contribution in [0, 0.1) is 5.41 Å². The van der Waals surface area contributed by atoms with Crippen LogP contribution >= 0.6 is 0 Å². The number of alkyl halides is 3. The molecule has 6 bridgehead atoms. The lowest BCUT2D eigenvalue weighted by atomic mass is 9.85. The highest BCUT2D eigenvalue weighted by Crippen LogP contribution is 2.26. The number of carbonyl (C=O) groups is 1. The molecule has 2 aromatic carbocycles. The topological polar surface area (TPSA) is 132 Å². The van der Waals surface area contributed by atoms with Crippen molar-refractivity contribution >= 4 is 23.5 Å². The first-order valence-corrected chi connectivity index (χ1v) is 13.1. The Balaban J connectivity index is 1.36. The van der Waals surface area contributed by atoms with Gasteiger partial charge in [0.1, 0.15) is 5.75 Å². The summed E-state index contributed by atoms with van der Waals surface area (Å²) in [5.41, 5.74) is 1.67. The lowest BCUT2D eigenvalue weighted by Crippen LogP contribution is -2.56. The van der Waals surface area contributed by atoms with Crippen LogP contribution in [0.4, 0.5) is 30.8 Å². The van der Waals surface area contributed by atoms with E-state index in [-0.39, 0.29) is 23.2 Å². The van der Waals surface area contributed by atoms with Gasteiger partial charge in [-0.05, 0) is 54.9 Å². The van der Waals surface area contributed by atoms with E-state index >= 15 is 0 Å². The minimum Gasteiger partial charge on any atom is -0.494 e. The standard InChI is InChI=1S/C27H30F3N7O4/c28-27(29,30)17-41-25-36-23-32-12-18-2-8-21(9-3-18)40-11-1-10-31-13-26(15-39-16-26)14-33-22(38)19-4-6-20(7-5-19)34-24(35-23)37-25/h2-9,31H,1,10-17H2,(H,33,38)(H2,32,34,35,36,37). The van der Waals surface area contributed by atoms with Crippen molar-refractivity contribution in [2.45, 2.75) is 19.1 Å². The lowest BCUT2D eigenvalue weighted by molar-refractivity contribution is -0.154. The monoisotopic (exact) mass is 573 g/mol. The molecule has 0 unspecified atom stereocenters. The maximum absolute atomic E-state index is 12.8. The van der Waals surface area contributed by atoms with Gasteiger partial charge in [-0.3, -0.25) is 4.79 Å². The van der Waals surface area contributed by atoms with E-state index in [0.29, 0.717) is 50.7 Å². The molecule has 1 spiro atoms. The van der Waals surface area contributed by atoms with Crippen molar-refractivity contribution in [1.29, 1.82) is 0 Å². The van der Waals surface area contributed by atoms with E-state index in [1.54, 1.807) is 24.3 Å². The number of anilines is 3. The number of nitrogens with one attached hydrogen (secondary N) is 4. The van der Waals surface area contributed by atoms with E-state index in [0.717, 1.165) is 24.3 Å². The first-order valence-electron chi connectivity index (χ1n) is 13.1. The molecule has 14 heteroatoms. The number of amides is 1. The molecule has 0 aliphatic carbocycles. The summed E-state index contributed by atoms with van der Waals surface area (Å²) in [6, 6.07) is 13.5. The quantitative estimate of drug-likeness (QED) is 0.362. The van der Waals surface area contributed by atoms with Crippen molar-refractivity contribution in [3.8, 4) is 11.8 Å². The third kappa shape index (κ3) is 8.17. The number of carbonyl (C=O) groups excluding carboxylic acids is 1. The fraction of sp³-hybridized carbons (Fsp3) is 0.407.